The summed E-state index contributed by atoms with van der Waals surface area (Å²) < 4.78 is 0. The molecule has 0 unspecified atom stereocenters. The number of hydrogen-bond acceptors (Lipinski definition) is 2. The number of aryl methyl sites for hydroxylation is 1. The number of nitrogens with one attached hydrogen (secondary N) is 1. The fraction of sp³-hybridized carbons (Fsp3) is 0.350. The molecule has 1 saturated carbocycles. The Labute approximate surface area is 148 Å². The first-order valence-electron chi connectivity index (χ1n) is 8.32. The largest absolute Gasteiger partial charge is 0.378 e. The van der Waals surface area contributed by atoms with Crippen LogP contribution in [0.5, 0.6) is 0 Å². The molecule has 4 heteroatoms. The predicted molar refractivity (Wildman–Crippen MR) is 99.6 cm³/mol. The summed E-state index contributed by atoms with van der Waals surface area (Å²) in [4.78, 5) is 14.4. The Kier molecular flexibility index (Phi) is 4.81. The Hall–Kier alpha value is -2.00. The van der Waals surface area contributed by atoms with Gasteiger partial charge in [0.15, 0.2) is 0 Å². The second kappa shape index (κ2) is 6.86. The van der Waals surface area contributed by atoms with Gasteiger partial charge in [-0.15, -0.1) is 0 Å². The normalized spacial score (nSPS) is 15.0. The molecule has 0 bridgehead atoms. The van der Waals surface area contributed by atoms with E-state index in [2.05, 4.69) is 34.5 Å². The lowest BCUT2D eigenvalue weighted by Gasteiger charge is -2.18. The maximum absolute atomic E-state index is 12.4. The summed E-state index contributed by atoms with van der Waals surface area (Å²) in [6.07, 6.45) is 3.22. The third-order valence-electron chi connectivity index (χ3n) is 4.60. The molecule has 24 heavy (non-hydrogen) atoms. The van der Waals surface area contributed by atoms with Gasteiger partial charge in [-0.2, -0.15) is 0 Å². The van der Waals surface area contributed by atoms with Crippen LogP contribution in [0.2, 0.25) is 5.02 Å². The molecule has 1 fully saturated rings. The second-order valence-electron chi connectivity index (χ2n) is 6.70. The van der Waals surface area contributed by atoms with Crippen molar-refractivity contribution in [3.63, 3.8) is 0 Å². The van der Waals surface area contributed by atoms with E-state index in [0.717, 1.165) is 24.8 Å². The number of anilines is 1. The average Bonchev–Trinajstić information content (AvgIpc) is 3.34. The van der Waals surface area contributed by atoms with Gasteiger partial charge < -0.3 is 10.2 Å². The topological polar surface area (TPSA) is 32.3 Å². The first-order valence-corrected chi connectivity index (χ1v) is 8.70. The Morgan fingerprint density at radius 2 is 1.88 bits per heavy atom. The minimum Gasteiger partial charge on any atom is -0.378 e. The predicted octanol–water partition coefficient (Wildman–Crippen LogP) is 4.14. The average molecular weight is 343 g/mol. The summed E-state index contributed by atoms with van der Waals surface area (Å²) >= 11 is 6.08. The molecule has 2 aromatic carbocycles. The van der Waals surface area contributed by atoms with E-state index in [1.807, 2.05) is 38.4 Å². The molecule has 0 aromatic heterocycles. The number of rotatable bonds is 6. The van der Waals surface area contributed by atoms with Crippen LogP contribution in [0, 0.1) is 0 Å². The molecular formula is C20H23ClN2O. The molecule has 0 aliphatic heterocycles. The smallest absolute Gasteiger partial charge is 0.221 e. The van der Waals surface area contributed by atoms with Gasteiger partial charge in [-0.25, -0.2) is 0 Å². The lowest BCUT2D eigenvalue weighted by Crippen LogP contribution is -2.34. The standard InChI is InChI=1S/C20H23ClN2O/c1-23(2)18-9-6-15(7-10-18)8-11-19(24)22-20(12-13-20)16-4-3-5-17(21)14-16/h3-7,9-10,14H,8,11-13H2,1-2H3,(H,22,24). The molecule has 0 atom stereocenters. The van der Waals surface area contributed by atoms with Crippen LogP contribution in [0.1, 0.15) is 30.4 Å². The highest BCUT2D eigenvalue weighted by Crippen LogP contribution is 2.46. The van der Waals surface area contributed by atoms with Crippen molar-refractivity contribution in [1.29, 1.82) is 0 Å². The number of hydrogen-bond donors (Lipinski definition) is 1. The monoisotopic (exact) mass is 342 g/mol. The fourth-order valence-corrected chi connectivity index (χ4v) is 3.14. The zero-order valence-corrected chi connectivity index (χ0v) is 14.9. The van der Waals surface area contributed by atoms with E-state index in [-0.39, 0.29) is 11.4 Å². The van der Waals surface area contributed by atoms with E-state index < -0.39 is 0 Å². The van der Waals surface area contributed by atoms with Gasteiger partial charge in [0, 0.05) is 31.2 Å². The number of carbonyl (C=O) groups is 1. The second-order valence-corrected chi connectivity index (χ2v) is 7.14. The third kappa shape index (κ3) is 3.90. The number of amides is 1. The van der Waals surface area contributed by atoms with Crippen molar-refractivity contribution in [1.82, 2.24) is 5.32 Å². The molecule has 1 amide bonds. The van der Waals surface area contributed by atoms with Crippen LogP contribution in [0.3, 0.4) is 0 Å². The van der Waals surface area contributed by atoms with Gasteiger partial charge in [0.25, 0.3) is 0 Å². The van der Waals surface area contributed by atoms with E-state index in [1.54, 1.807) is 0 Å². The van der Waals surface area contributed by atoms with Gasteiger partial charge in [0.2, 0.25) is 5.91 Å². The molecule has 3 rings (SSSR count). The lowest BCUT2D eigenvalue weighted by molar-refractivity contribution is -0.122. The maximum Gasteiger partial charge on any atom is 0.221 e. The van der Waals surface area contributed by atoms with Crippen LogP contribution in [-0.2, 0) is 16.8 Å². The van der Waals surface area contributed by atoms with E-state index in [1.165, 1.54) is 11.3 Å². The molecule has 0 radical (unpaired) electrons. The minimum atomic E-state index is -0.198. The zero-order chi connectivity index (χ0) is 17.2. The minimum absolute atomic E-state index is 0.101. The highest BCUT2D eigenvalue weighted by Gasteiger charge is 2.45. The molecule has 0 saturated heterocycles. The molecule has 3 nitrogen and oxygen atoms in total. The summed E-state index contributed by atoms with van der Waals surface area (Å²) in [6, 6.07) is 16.1. The zero-order valence-electron chi connectivity index (χ0n) is 14.2. The van der Waals surface area contributed by atoms with Crippen molar-refractivity contribution in [2.45, 2.75) is 31.2 Å². The summed E-state index contributed by atoms with van der Waals surface area (Å²) in [6.45, 7) is 0. The van der Waals surface area contributed by atoms with Crippen LogP contribution in [0.4, 0.5) is 5.69 Å². The van der Waals surface area contributed by atoms with Gasteiger partial charge >= 0.3 is 0 Å². The molecule has 1 N–H and O–H groups in total. The Morgan fingerprint density at radius 3 is 2.46 bits per heavy atom. The van der Waals surface area contributed by atoms with Crippen LogP contribution < -0.4 is 10.2 Å². The van der Waals surface area contributed by atoms with Gasteiger partial charge in [0.1, 0.15) is 0 Å². The van der Waals surface area contributed by atoms with Crippen molar-refractivity contribution in [3.05, 3.63) is 64.7 Å². The summed E-state index contributed by atoms with van der Waals surface area (Å²) in [7, 11) is 4.04. The molecule has 126 valence electrons. The molecule has 2 aromatic rings. The molecule has 1 aliphatic carbocycles. The van der Waals surface area contributed by atoms with Crippen molar-refractivity contribution in [2.24, 2.45) is 0 Å². The first kappa shape index (κ1) is 16.8. The maximum atomic E-state index is 12.4. The number of carbonyl (C=O) groups excluding carboxylic acids is 1. The van der Waals surface area contributed by atoms with Crippen molar-refractivity contribution < 1.29 is 4.79 Å². The van der Waals surface area contributed by atoms with Crippen molar-refractivity contribution >= 4 is 23.2 Å². The van der Waals surface area contributed by atoms with Gasteiger partial charge in [-0.3, -0.25) is 4.79 Å². The summed E-state index contributed by atoms with van der Waals surface area (Å²) in [5.41, 5.74) is 3.26. The van der Waals surface area contributed by atoms with Crippen LogP contribution in [0.25, 0.3) is 0 Å². The first-order chi connectivity index (χ1) is 11.5. The Morgan fingerprint density at radius 1 is 1.17 bits per heavy atom. The summed E-state index contributed by atoms with van der Waals surface area (Å²) in [5.74, 6) is 0.101. The number of nitrogens with zero attached hydrogens (tertiary/aromatic N) is 1. The van der Waals surface area contributed by atoms with E-state index >= 15 is 0 Å². The van der Waals surface area contributed by atoms with Gasteiger partial charge in [-0.1, -0.05) is 35.9 Å². The molecule has 0 spiro atoms. The summed E-state index contributed by atoms with van der Waals surface area (Å²) in [5, 5.41) is 3.92. The van der Waals surface area contributed by atoms with Crippen LogP contribution >= 0.6 is 11.6 Å². The molecule has 0 heterocycles. The highest BCUT2D eigenvalue weighted by molar-refractivity contribution is 6.30. The van der Waals surface area contributed by atoms with Crippen LogP contribution in [0.15, 0.2) is 48.5 Å². The van der Waals surface area contributed by atoms with E-state index in [0.29, 0.717) is 11.4 Å². The van der Waals surface area contributed by atoms with E-state index in [9.17, 15) is 4.79 Å². The highest BCUT2D eigenvalue weighted by atomic mass is 35.5. The molecule has 1 aliphatic rings. The quantitative estimate of drug-likeness (QED) is 0.855. The number of benzene rings is 2. The van der Waals surface area contributed by atoms with Gasteiger partial charge in [-0.05, 0) is 54.7 Å². The van der Waals surface area contributed by atoms with Gasteiger partial charge in [0.05, 0.1) is 5.54 Å². The van der Waals surface area contributed by atoms with Crippen molar-refractivity contribution in [2.75, 3.05) is 19.0 Å². The Balaban J connectivity index is 1.56. The van der Waals surface area contributed by atoms with Crippen molar-refractivity contribution in [3.8, 4) is 0 Å². The lowest BCUT2D eigenvalue weighted by atomic mass is 10.0. The number of halogens is 1. The van der Waals surface area contributed by atoms with Crippen LogP contribution in [-0.4, -0.2) is 20.0 Å². The fourth-order valence-electron chi connectivity index (χ4n) is 2.94. The Bertz CT molecular complexity index is 721. The van der Waals surface area contributed by atoms with E-state index in [4.69, 9.17) is 11.6 Å². The molecular weight excluding hydrogens is 320 g/mol. The third-order valence-corrected chi connectivity index (χ3v) is 4.83. The SMILES string of the molecule is CN(C)c1ccc(CCC(=O)NC2(c3cccc(Cl)c3)CC2)cc1.